The van der Waals surface area contributed by atoms with E-state index in [0.717, 1.165) is 5.56 Å². The Morgan fingerprint density at radius 3 is 2.46 bits per heavy atom. The minimum Gasteiger partial charge on any atom is -0.493 e. The van der Waals surface area contributed by atoms with Crippen molar-refractivity contribution >= 4 is 28.9 Å². The van der Waals surface area contributed by atoms with Gasteiger partial charge in [-0.25, -0.2) is 0 Å². The number of nitro benzene ring substituents is 1. The standard InChI is InChI=1S/C19H22ClN3O5/c1-12(19(24)21-16-7-6-14(23(25)26)10-15(16)20)22(2)11-13-5-8-17(27-3)18(9-13)28-4/h5-10,12H,11H2,1-4H3,(H,21,24)/t12-/m0/s1. The Kier molecular flexibility index (Phi) is 7.19. The molecule has 9 heteroatoms. The van der Waals surface area contributed by atoms with Gasteiger partial charge in [0, 0.05) is 18.7 Å². The van der Waals surface area contributed by atoms with Crippen LogP contribution in [-0.4, -0.2) is 43.0 Å². The van der Waals surface area contributed by atoms with Gasteiger partial charge in [0.1, 0.15) is 0 Å². The lowest BCUT2D eigenvalue weighted by Gasteiger charge is -2.24. The molecule has 0 aliphatic carbocycles. The maximum atomic E-state index is 12.5. The van der Waals surface area contributed by atoms with Gasteiger partial charge >= 0.3 is 0 Å². The third kappa shape index (κ3) is 5.11. The number of methoxy groups -OCH3 is 2. The van der Waals surface area contributed by atoms with Gasteiger partial charge in [-0.2, -0.15) is 0 Å². The number of hydrogen-bond acceptors (Lipinski definition) is 6. The van der Waals surface area contributed by atoms with Crippen molar-refractivity contribution in [2.24, 2.45) is 0 Å². The SMILES string of the molecule is COc1ccc(CN(C)[C@@H](C)C(=O)Nc2ccc([N+](=O)[O-])cc2Cl)cc1OC. The van der Waals surface area contributed by atoms with Crippen LogP contribution in [0.25, 0.3) is 0 Å². The number of non-ortho nitro benzene ring substituents is 1. The zero-order valence-electron chi connectivity index (χ0n) is 16.1. The Morgan fingerprint density at radius 2 is 1.89 bits per heavy atom. The minimum absolute atomic E-state index is 0.109. The van der Waals surface area contributed by atoms with Crippen LogP contribution in [-0.2, 0) is 11.3 Å². The number of halogens is 1. The fourth-order valence-electron chi connectivity index (χ4n) is 2.56. The molecule has 150 valence electrons. The third-order valence-electron chi connectivity index (χ3n) is 4.34. The molecule has 0 aliphatic heterocycles. The molecule has 0 fully saturated rings. The molecule has 0 unspecified atom stereocenters. The van der Waals surface area contributed by atoms with Crippen LogP contribution in [0.3, 0.4) is 0 Å². The molecule has 2 aromatic rings. The van der Waals surface area contributed by atoms with E-state index in [4.69, 9.17) is 21.1 Å². The molecule has 0 heterocycles. The molecule has 1 atom stereocenters. The average molecular weight is 408 g/mol. The summed E-state index contributed by atoms with van der Waals surface area (Å²) in [5.74, 6) is 0.967. The van der Waals surface area contributed by atoms with Crippen molar-refractivity contribution in [2.75, 3.05) is 26.6 Å². The van der Waals surface area contributed by atoms with E-state index >= 15 is 0 Å². The third-order valence-corrected chi connectivity index (χ3v) is 4.65. The van der Waals surface area contributed by atoms with Crippen LogP contribution in [0.1, 0.15) is 12.5 Å². The normalized spacial score (nSPS) is 11.8. The maximum Gasteiger partial charge on any atom is 0.271 e. The van der Waals surface area contributed by atoms with Gasteiger partial charge in [0.15, 0.2) is 11.5 Å². The fourth-order valence-corrected chi connectivity index (χ4v) is 2.78. The number of benzene rings is 2. The van der Waals surface area contributed by atoms with Crippen LogP contribution >= 0.6 is 11.6 Å². The van der Waals surface area contributed by atoms with Gasteiger partial charge in [-0.05, 0) is 37.7 Å². The van der Waals surface area contributed by atoms with E-state index in [0.29, 0.717) is 23.7 Å². The summed E-state index contributed by atoms with van der Waals surface area (Å²) in [4.78, 5) is 24.6. The Labute approximate surface area is 168 Å². The van der Waals surface area contributed by atoms with E-state index < -0.39 is 11.0 Å². The fraction of sp³-hybridized carbons (Fsp3) is 0.316. The molecule has 0 aliphatic rings. The lowest BCUT2D eigenvalue weighted by Crippen LogP contribution is -2.39. The van der Waals surface area contributed by atoms with Gasteiger partial charge in [-0.3, -0.25) is 19.8 Å². The molecule has 28 heavy (non-hydrogen) atoms. The van der Waals surface area contributed by atoms with Gasteiger partial charge in [-0.15, -0.1) is 0 Å². The Hall–Kier alpha value is -2.84. The van der Waals surface area contributed by atoms with Crippen LogP contribution in [0.2, 0.25) is 5.02 Å². The molecule has 0 bridgehead atoms. The second-order valence-electron chi connectivity index (χ2n) is 6.19. The summed E-state index contributed by atoms with van der Waals surface area (Å²) in [6, 6.07) is 9.00. The minimum atomic E-state index is -0.545. The largest absolute Gasteiger partial charge is 0.493 e. The first-order valence-corrected chi connectivity index (χ1v) is 8.80. The lowest BCUT2D eigenvalue weighted by molar-refractivity contribution is -0.384. The van der Waals surface area contributed by atoms with E-state index in [-0.39, 0.29) is 16.6 Å². The molecular weight excluding hydrogens is 386 g/mol. The van der Waals surface area contributed by atoms with E-state index in [1.54, 1.807) is 21.1 Å². The number of nitrogens with one attached hydrogen (secondary N) is 1. The Balaban J connectivity index is 2.05. The molecule has 0 saturated carbocycles. The highest BCUT2D eigenvalue weighted by Crippen LogP contribution is 2.29. The van der Waals surface area contributed by atoms with E-state index in [2.05, 4.69) is 5.32 Å². The van der Waals surface area contributed by atoms with Crippen molar-refractivity contribution in [1.82, 2.24) is 4.90 Å². The summed E-state index contributed by atoms with van der Waals surface area (Å²) in [7, 11) is 4.95. The number of carbonyl (C=O) groups is 1. The second kappa shape index (κ2) is 9.38. The zero-order valence-corrected chi connectivity index (χ0v) is 16.8. The molecule has 1 N–H and O–H groups in total. The van der Waals surface area contributed by atoms with Crippen LogP contribution in [0, 0.1) is 10.1 Å². The Morgan fingerprint density at radius 1 is 1.21 bits per heavy atom. The molecular formula is C19H22ClN3O5. The van der Waals surface area contributed by atoms with Crippen LogP contribution < -0.4 is 14.8 Å². The van der Waals surface area contributed by atoms with E-state index in [1.807, 2.05) is 30.1 Å². The van der Waals surface area contributed by atoms with E-state index in [9.17, 15) is 14.9 Å². The van der Waals surface area contributed by atoms with Crippen molar-refractivity contribution in [1.29, 1.82) is 0 Å². The van der Waals surface area contributed by atoms with Crippen LogP contribution in [0.5, 0.6) is 11.5 Å². The highest BCUT2D eigenvalue weighted by molar-refractivity contribution is 6.34. The van der Waals surface area contributed by atoms with Gasteiger partial charge < -0.3 is 14.8 Å². The van der Waals surface area contributed by atoms with Gasteiger partial charge in [0.05, 0.1) is 35.9 Å². The second-order valence-corrected chi connectivity index (χ2v) is 6.60. The van der Waals surface area contributed by atoms with Gasteiger partial charge in [-0.1, -0.05) is 17.7 Å². The molecule has 0 spiro atoms. The molecule has 8 nitrogen and oxygen atoms in total. The summed E-state index contributed by atoms with van der Waals surface area (Å²) in [5.41, 5.74) is 1.14. The number of hydrogen-bond donors (Lipinski definition) is 1. The first kappa shape index (κ1) is 21.5. The number of rotatable bonds is 8. The molecule has 0 radical (unpaired) electrons. The first-order valence-electron chi connectivity index (χ1n) is 8.42. The van der Waals surface area contributed by atoms with Crippen LogP contribution in [0.15, 0.2) is 36.4 Å². The lowest BCUT2D eigenvalue weighted by atomic mass is 10.1. The van der Waals surface area contributed by atoms with Crippen LogP contribution in [0.4, 0.5) is 11.4 Å². The zero-order chi connectivity index (χ0) is 20.8. The smallest absolute Gasteiger partial charge is 0.271 e. The predicted octanol–water partition coefficient (Wildman–Crippen LogP) is 3.72. The first-order chi connectivity index (χ1) is 13.3. The highest BCUT2D eigenvalue weighted by Gasteiger charge is 2.20. The number of nitro groups is 1. The number of amides is 1. The number of likely N-dealkylation sites (N-methyl/N-ethyl adjacent to an activating group) is 1. The molecule has 0 saturated heterocycles. The average Bonchev–Trinajstić information content (AvgIpc) is 2.68. The molecule has 2 aromatic carbocycles. The summed E-state index contributed by atoms with van der Waals surface area (Å²) in [6.07, 6.45) is 0. The van der Waals surface area contributed by atoms with Crippen molar-refractivity contribution in [2.45, 2.75) is 19.5 Å². The number of ether oxygens (including phenoxy) is 2. The van der Waals surface area contributed by atoms with Gasteiger partial charge in [0.25, 0.3) is 5.69 Å². The summed E-state index contributed by atoms with van der Waals surface area (Å²) < 4.78 is 10.5. The molecule has 1 amide bonds. The summed E-state index contributed by atoms with van der Waals surface area (Å²) in [6.45, 7) is 2.26. The number of carbonyl (C=O) groups excluding carboxylic acids is 1. The maximum absolute atomic E-state index is 12.5. The molecule has 0 aromatic heterocycles. The van der Waals surface area contributed by atoms with Gasteiger partial charge in [0.2, 0.25) is 5.91 Å². The van der Waals surface area contributed by atoms with E-state index in [1.165, 1.54) is 18.2 Å². The number of anilines is 1. The quantitative estimate of drug-likeness (QED) is 0.529. The van der Waals surface area contributed by atoms with Crippen molar-refractivity contribution in [3.63, 3.8) is 0 Å². The van der Waals surface area contributed by atoms with Crippen molar-refractivity contribution in [3.8, 4) is 11.5 Å². The topological polar surface area (TPSA) is 93.9 Å². The summed E-state index contributed by atoms with van der Waals surface area (Å²) >= 11 is 6.03. The van der Waals surface area contributed by atoms with Crippen molar-refractivity contribution < 1.29 is 19.2 Å². The van der Waals surface area contributed by atoms with Crippen molar-refractivity contribution in [3.05, 3.63) is 57.1 Å². The molecule has 2 rings (SSSR count). The Bertz CT molecular complexity index is 875. The summed E-state index contributed by atoms with van der Waals surface area (Å²) in [5, 5.41) is 13.6. The number of nitrogens with zero attached hydrogens (tertiary/aromatic N) is 2. The predicted molar refractivity (Wildman–Crippen MR) is 107 cm³/mol. The highest BCUT2D eigenvalue weighted by atomic mass is 35.5. The monoisotopic (exact) mass is 407 g/mol.